The summed E-state index contributed by atoms with van der Waals surface area (Å²) < 4.78 is 4.72. The van der Waals surface area contributed by atoms with Crippen LogP contribution < -0.4 is 0 Å². The van der Waals surface area contributed by atoms with Gasteiger partial charge in [-0.15, -0.1) is 0 Å². The van der Waals surface area contributed by atoms with Crippen molar-refractivity contribution in [2.24, 2.45) is 0 Å². The molecular formula is C11H12O5. The van der Waals surface area contributed by atoms with Crippen LogP contribution in [0.15, 0.2) is 36.9 Å². The maximum atomic E-state index is 10.8. The molecule has 0 saturated heterocycles. The topological polar surface area (TPSA) is 76.0 Å². The van der Waals surface area contributed by atoms with Gasteiger partial charge in [0.15, 0.2) is 6.10 Å². The van der Waals surface area contributed by atoms with Crippen LogP contribution >= 0.6 is 0 Å². The van der Waals surface area contributed by atoms with Crippen molar-refractivity contribution in [2.45, 2.75) is 6.10 Å². The van der Waals surface area contributed by atoms with E-state index < -0.39 is 12.1 Å². The number of rotatable bonds is 5. The van der Waals surface area contributed by atoms with Crippen LogP contribution in [0.5, 0.6) is 5.75 Å². The van der Waals surface area contributed by atoms with Gasteiger partial charge >= 0.3 is 5.97 Å². The molecule has 0 aliphatic rings. The molecule has 1 aromatic rings. The second kappa shape index (κ2) is 5.89. The molecule has 0 heterocycles. The Bertz CT molecular complexity index is 357. The van der Waals surface area contributed by atoms with Crippen LogP contribution in [0.25, 0.3) is 0 Å². The molecule has 5 nitrogen and oxygen atoms in total. The lowest BCUT2D eigenvalue weighted by molar-refractivity contribution is -0.288. The molecule has 2 N–H and O–H groups in total. The van der Waals surface area contributed by atoms with Gasteiger partial charge < -0.3 is 9.84 Å². The number of hydrogen-bond donors (Lipinski definition) is 2. The van der Waals surface area contributed by atoms with Gasteiger partial charge in [-0.3, -0.25) is 5.26 Å². The Morgan fingerprint density at radius 3 is 2.56 bits per heavy atom. The highest BCUT2D eigenvalue weighted by Crippen LogP contribution is 2.19. The Balaban J connectivity index is 2.63. The minimum atomic E-state index is -0.788. The molecule has 0 aliphatic heterocycles. The van der Waals surface area contributed by atoms with Gasteiger partial charge in [-0.1, -0.05) is 18.7 Å². The minimum Gasteiger partial charge on any atom is -0.508 e. The van der Waals surface area contributed by atoms with Gasteiger partial charge in [0.1, 0.15) is 12.4 Å². The molecule has 5 heteroatoms. The molecule has 1 rings (SSSR count). The number of phenolic OH excluding ortho intramolecular Hbond substituents is 1. The van der Waals surface area contributed by atoms with Crippen molar-refractivity contribution >= 4 is 5.97 Å². The number of carbonyl (C=O) groups is 1. The average Bonchev–Trinajstić information content (AvgIpc) is 2.31. The van der Waals surface area contributed by atoms with Crippen LogP contribution in [0.1, 0.15) is 11.7 Å². The second-order valence-electron chi connectivity index (χ2n) is 3.02. The molecule has 1 aromatic carbocycles. The van der Waals surface area contributed by atoms with Gasteiger partial charge in [-0.25, -0.2) is 9.68 Å². The minimum absolute atomic E-state index is 0.100. The van der Waals surface area contributed by atoms with E-state index in [4.69, 9.17) is 15.1 Å². The Hall–Kier alpha value is -1.85. The van der Waals surface area contributed by atoms with E-state index >= 15 is 0 Å². The molecule has 0 radical (unpaired) electrons. The third kappa shape index (κ3) is 3.38. The van der Waals surface area contributed by atoms with Crippen LogP contribution in [0.2, 0.25) is 0 Å². The van der Waals surface area contributed by atoms with E-state index in [0.717, 1.165) is 6.08 Å². The summed E-state index contributed by atoms with van der Waals surface area (Å²) in [7, 11) is 0. The van der Waals surface area contributed by atoms with Gasteiger partial charge in [-0.05, 0) is 17.7 Å². The second-order valence-corrected chi connectivity index (χ2v) is 3.02. The first-order valence-corrected chi connectivity index (χ1v) is 4.55. The lowest BCUT2D eigenvalue weighted by Gasteiger charge is -2.13. The van der Waals surface area contributed by atoms with Crippen LogP contribution in [0.3, 0.4) is 0 Å². The summed E-state index contributed by atoms with van der Waals surface area (Å²) in [6, 6.07) is 5.99. The van der Waals surface area contributed by atoms with E-state index in [-0.39, 0.29) is 12.4 Å². The highest BCUT2D eigenvalue weighted by Gasteiger charge is 2.14. The largest absolute Gasteiger partial charge is 0.508 e. The third-order valence-corrected chi connectivity index (χ3v) is 1.94. The third-order valence-electron chi connectivity index (χ3n) is 1.94. The monoisotopic (exact) mass is 224 g/mol. The summed E-state index contributed by atoms with van der Waals surface area (Å²) in [4.78, 5) is 15.0. The molecule has 0 fully saturated rings. The van der Waals surface area contributed by atoms with Gasteiger partial charge in [0.25, 0.3) is 0 Å². The van der Waals surface area contributed by atoms with Crippen molar-refractivity contribution in [3.63, 3.8) is 0 Å². The first-order valence-electron chi connectivity index (χ1n) is 4.55. The fourth-order valence-corrected chi connectivity index (χ4v) is 1.09. The molecular weight excluding hydrogens is 212 g/mol. The van der Waals surface area contributed by atoms with E-state index in [1.165, 1.54) is 12.1 Å². The molecule has 0 aliphatic carbocycles. The Morgan fingerprint density at radius 2 is 2.06 bits per heavy atom. The molecule has 0 saturated carbocycles. The van der Waals surface area contributed by atoms with E-state index in [9.17, 15) is 4.79 Å². The molecule has 0 spiro atoms. The predicted octanol–water partition coefficient (Wildman–Crippen LogP) is 1.65. The number of aromatic hydroxyl groups is 1. The summed E-state index contributed by atoms with van der Waals surface area (Å²) >= 11 is 0. The van der Waals surface area contributed by atoms with Crippen LogP contribution in [-0.2, 0) is 14.4 Å². The lowest BCUT2D eigenvalue weighted by atomic mass is 10.1. The maximum Gasteiger partial charge on any atom is 0.330 e. The number of phenols is 1. The Morgan fingerprint density at radius 1 is 1.44 bits per heavy atom. The SMILES string of the molecule is C=CC(=O)OCC(OO)c1ccc(O)cc1. The van der Waals surface area contributed by atoms with Crippen molar-refractivity contribution in [3.05, 3.63) is 42.5 Å². The van der Waals surface area contributed by atoms with Crippen LogP contribution in [0.4, 0.5) is 0 Å². The van der Waals surface area contributed by atoms with Crippen molar-refractivity contribution in [1.29, 1.82) is 0 Å². The van der Waals surface area contributed by atoms with E-state index in [0.29, 0.717) is 5.56 Å². The zero-order chi connectivity index (χ0) is 12.0. The maximum absolute atomic E-state index is 10.8. The summed E-state index contributed by atoms with van der Waals surface area (Å²) in [5, 5.41) is 17.7. The van der Waals surface area contributed by atoms with Crippen molar-refractivity contribution < 1.29 is 24.8 Å². The summed E-state index contributed by atoms with van der Waals surface area (Å²) in [5.74, 6) is -0.496. The highest BCUT2D eigenvalue weighted by atomic mass is 17.1. The zero-order valence-corrected chi connectivity index (χ0v) is 8.50. The highest BCUT2D eigenvalue weighted by molar-refractivity contribution is 5.81. The number of carbonyl (C=O) groups excluding carboxylic acids is 1. The molecule has 16 heavy (non-hydrogen) atoms. The predicted molar refractivity (Wildman–Crippen MR) is 55.7 cm³/mol. The molecule has 1 atom stereocenters. The molecule has 86 valence electrons. The smallest absolute Gasteiger partial charge is 0.330 e. The van der Waals surface area contributed by atoms with Crippen molar-refractivity contribution in [1.82, 2.24) is 0 Å². The van der Waals surface area contributed by atoms with Gasteiger partial charge in [0, 0.05) is 6.08 Å². The van der Waals surface area contributed by atoms with E-state index in [2.05, 4.69) is 11.5 Å². The first-order chi connectivity index (χ1) is 7.67. The van der Waals surface area contributed by atoms with Gasteiger partial charge in [0.05, 0.1) is 0 Å². The quantitative estimate of drug-likeness (QED) is 0.344. The normalized spacial score (nSPS) is 11.8. The fourth-order valence-electron chi connectivity index (χ4n) is 1.09. The van der Waals surface area contributed by atoms with Crippen molar-refractivity contribution in [3.8, 4) is 5.75 Å². The molecule has 0 bridgehead atoms. The van der Waals surface area contributed by atoms with Crippen LogP contribution in [0, 0.1) is 0 Å². The van der Waals surface area contributed by atoms with E-state index in [1.807, 2.05) is 0 Å². The van der Waals surface area contributed by atoms with Gasteiger partial charge in [-0.2, -0.15) is 0 Å². The standard InChI is InChI=1S/C11H12O5/c1-2-11(13)15-7-10(16-14)8-3-5-9(12)6-4-8/h2-6,10,12,14H,1,7H2. The average molecular weight is 224 g/mol. The van der Waals surface area contributed by atoms with Gasteiger partial charge in [0.2, 0.25) is 0 Å². The Labute approximate surface area is 92.5 Å². The van der Waals surface area contributed by atoms with Crippen molar-refractivity contribution in [2.75, 3.05) is 6.61 Å². The Kier molecular flexibility index (Phi) is 4.50. The molecule has 0 amide bonds. The first kappa shape index (κ1) is 12.2. The zero-order valence-electron chi connectivity index (χ0n) is 8.50. The fraction of sp³-hybridized carbons (Fsp3) is 0.182. The van der Waals surface area contributed by atoms with E-state index in [1.54, 1.807) is 12.1 Å². The summed E-state index contributed by atoms with van der Waals surface area (Å²) in [5.41, 5.74) is 0.581. The lowest BCUT2D eigenvalue weighted by Crippen LogP contribution is -2.13. The molecule has 0 aromatic heterocycles. The number of ether oxygens (including phenoxy) is 1. The summed E-state index contributed by atoms with van der Waals surface area (Å²) in [6.45, 7) is 3.10. The summed E-state index contributed by atoms with van der Waals surface area (Å²) in [6.07, 6.45) is 0.232. The molecule has 1 unspecified atom stereocenters. The number of benzene rings is 1. The number of esters is 1. The number of hydrogen-bond acceptors (Lipinski definition) is 5. The van der Waals surface area contributed by atoms with Crippen LogP contribution in [-0.4, -0.2) is 22.9 Å².